The van der Waals surface area contributed by atoms with Crippen molar-refractivity contribution in [3.8, 4) is 34.2 Å². The minimum Gasteiger partial charge on any atom is -0.497 e. The number of pyridine rings is 1. The molecule has 3 rings (SSSR count). The molecule has 0 aliphatic carbocycles. The van der Waals surface area contributed by atoms with Crippen molar-refractivity contribution >= 4 is 11.8 Å². The van der Waals surface area contributed by atoms with Gasteiger partial charge in [0.05, 0.1) is 31.0 Å². The van der Waals surface area contributed by atoms with Crippen LogP contribution < -0.4 is 10.5 Å². The number of ether oxygens (including phenoxy) is 2. The first-order valence-corrected chi connectivity index (χ1v) is 8.85. The molecule has 0 bridgehead atoms. The highest BCUT2D eigenvalue weighted by Crippen LogP contribution is 2.39. The highest BCUT2D eigenvalue weighted by Gasteiger charge is 2.31. The summed E-state index contributed by atoms with van der Waals surface area (Å²) in [5.74, 6) is -0.520. The predicted octanol–water partition coefficient (Wildman–Crippen LogP) is 4.68. The van der Waals surface area contributed by atoms with Crippen molar-refractivity contribution in [2.24, 2.45) is 0 Å². The maximum absolute atomic E-state index is 13.0. The van der Waals surface area contributed by atoms with E-state index in [0.29, 0.717) is 11.3 Å². The minimum absolute atomic E-state index is 0.0356. The number of rotatable bonds is 4. The van der Waals surface area contributed by atoms with Gasteiger partial charge in [0.25, 0.3) is 0 Å². The van der Waals surface area contributed by atoms with Crippen LogP contribution in [-0.4, -0.2) is 25.2 Å². The number of carbonyl (C=O) groups is 1. The van der Waals surface area contributed by atoms with E-state index in [4.69, 9.17) is 15.2 Å². The van der Waals surface area contributed by atoms with Crippen LogP contribution in [0, 0.1) is 11.3 Å². The van der Waals surface area contributed by atoms with Gasteiger partial charge in [0.2, 0.25) is 0 Å². The zero-order valence-corrected chi connectivity index (χ0v) is 16.4. The van der Waals surface area contributed by atoms with E-state index in [1.54, 1.807) is 24.3 Å². The van der Waals surface area contributed by atoms with Gasteiger partial charge in [0, 0.05) is 11.1 Å². The molecule has 2 N–H and O–H groups in total. The highest BCUT2D eigenvalue weighted by atomic mass is 19.4. The molecule has 0 saturated heterocycles. The number of nitrogens with zero attached hydrogens (tertiary/aromatic N) is 2. The van der Waals surface area contributed by atoms with E-state index in [9.17, 15) is 23.2 Å². The van der Waals surface area contributed by atoms with Gasteiger partial charge >= 0.3 is 12.1 Å². The quantitative estimate of drug-likeness (QED) is 0.607. The molecule has 158 valence electrons. The fourth-order valence-corrected chi connectivity index (χ4v) is 3.11. The number of methoxy groups -OCH3 is 2. The third-order valence-electron chi connectivity index (χ3n) is 4.57. The van der Waals surface area contributed by atoms with Crippen LogP contribution >= 0.6 is 0 Å². The lowest BCUT2D eigenvalue weighted by atomic mass is 9.91. The number of alkyl halides is 3. The SMILES string of the molecule is COC(=O)c1c(-c2cccc(OC)c2)nc(N)c(C#N)c1-c1ccc(C(F)(F)F)cc1. The Kier molecular flexibility index (Phi) is 5.83. The van der Waals surface area contributed by atoms with Crippen LogP contribution in [0.25, 0.3) is 22.4 Å². The number of nitriles is 1. The Labute approximate surface area is 175 Å². The van der Waals surface area contributed by atoms with Crippen molar-refractivity contribution in [3.63, 3.8) is 0 Å². The molecule has 1 heterocycles. The van der Waals surface area contributed by atoms with Gasteiger partial charge < -0.3 is 15.2 Å². The molecule has 9 heteroatoms. The van der Waals surface area contributed by atoms with Gasteiger partial charge in [-0.25, -0.2) is 9.78 Å². The Hall–Kier alpha value is -4.06. The Balaban J connectivity index is 2.37. The van der Waals surface area contributed by atoms with Gasteiger partial charge in [-0.05, 0) is 29.8 Å². The smallest absolute Gasteiger partial charge is 0.416 e. The van der Waals surface area contributed by atoms with E-state index in [-0.39, 0.29) is 33.8 Å². The van der Waals surface area contributed by atoms with Crippen LogP contribution in [-0.2, 0) is 10.9 Å². The first-order chi connectivity index (χ1) is 14.7. The van der Waals surface area contributed by atoms with Crippen LogP contribution in [0.4, 0.5) is 19.0 Å². The van der Waals surface area contributed by atoms with E-state index in [2.05, 4.69) is 4.98 Å². The molecular weight excluding hydrogens is 411 g/mol. The largest absolute Gasteiger partial charge is 0.497 e. The fraction of sp³-hybridized carbons (Fsp3) is 0.136. The van der Waals surface area contributed by atoms with Crippen molar-refractivity contribution in [1.29, 1.82) is 5.26 Å². The third kappa shape index (κ3) is 4.14. The number of aromatic nitrogens is 1. The lowest BCUT2D eigenvalue weighted by molar-refractivity contribution is -0.137. The molecular formula is C22H16F3N3O3. The van der Waals surface area contributed by atoms with Gasteiger partial charge in [-0.15, -0.1) is 0 Å². The van der Waals surface area contributed by atoms with Crippen molar-refractivity contribution < 1.29 is 27.4 Å². The monoisotopic (exact) mass is 427 g/mol. The summed E-state index contributed by atoms with van der Waals surface area (Å²) in [5.41, 5.74) is 5.65. The van der Waals surface area contributed by atoms with Crippen LogP contribution in [0.15, 0.2) is 48.5 Å². The Morgan fingerprint density at radius 1 is 1.10 bits per heavy atom. The number of hydrogen-bond acceptors (Lipinski definition) is 6. The molecule has 1 aromatic heterocycles. The maximum atomic E-state index is 13.0. The Morgan fingerprint density at radius 2 is 1.77 bits per heavy atom. The number of halogens is 3. The molecule has 2 aromatic carbocycles. The summed E-state index contributed by atoms with van der Waals surface area (Å²) in [6.45, 7) is 0. The van der Waals surface area contributed by atoms with E-state index < -0.39 is 17.7 Å². The Morgan fingerprint density at radius 3 is 2.32 bits per heavy atom. The standard InChI is InChI=1S/C22H16F3N3O3/c1-30-15-5-3-4-13(10-15)19-18(21(29)31-2)17(16(11-26)20(27)28-19)12-6-8-14(9-7-12)22(23,24)25/h3-10H,1-2H3,(H2,27,28). The maximum Gasteiger partial charge on any atom is 0.416 e. The summed E-state index contributed by atoms with van der Waals surface area (Å²) in [4.78, 5) is 17.0. The molecule has 0 spiro atoms. The van der Waals surface area contributed by atoms with Crippen LogP contribution in [0.5, 0.6) is 5.75 Å². The van der Waals surface area contributed by atoms with Crippen LogP contribution in [0.2, 0.25) is 0 Å². The van der Waals surface area contributed by atoms with Crippen molar-refractivity contribution in [3.05, 3.63) is 65.2 Å². The average molecular weight is 427 g/mol. The highest BCUT2D eigenvalue weighted by molar-refractivity contribution is 6.05. The van der Waals surface area contributed by atoms with Crippen molar-refractivity contribution in [1.82, 2.24) is 4.98 Å². The molecule has 0 saturated carbocycles. The number of benzene rings is 2. The summed E-state index contributed by atoms with van der Waals surface area (Å²) in [6, 6.07) is 12.6. The number of anilines is 1. The van der Waals surface area contributed by atoms with Gasteiger partial charge in [0.1, 0.15) is 23.2 Å². The van der Waals surface area contributed by atoms with E-state index >= 15 is 0 Å². The lowest BCUT2D eigenvalue weighted by Gasteiger charge is -2.17. The second kappa shape index (κ2) is 8.36. The molecule has 0 aliphatic heterocycles. The topological polar surface area (TPSA) is 98.2 Å². The summed E-state index contributed by atoms with van der Waals surface area (Å²) in [7, 11) is 2.62. The first-order valence-electron chi connectivity index (χ1n) is 8.85. The fourth-order valence-electron chi connectivity index (χ4n) is 3.11. The third-order valence-corrected chi connectivity index (χ3v) is 4.57. The number of nitrogens with two attached hydrogens (primary N) is 1. The zero-order chi connectivity index (χ0) is 22.8. The van der Waals surface area contributed by atoms with Crippen LogP contribution in [0.1, 0.15) is 21.5 Å². The molecule has 0 atom stereocenters. The molecule has 0 unspecified atom stereocenters. The number of esters is 1. The zero-order valence-electron chi connectivity index (χ0n) is 16.4. The minimum atomic E-state index is -4.54. The molecule has 0 aliphatic rings. The number of carbonyl (C=O) groups excluding carboxylic acids is 1. The second-order valence-corrected chi connectivity index (χ2v) is 6.38. The molecule has 0 radical (unpaired) electrons. The van der Waals surface area contributed by atoms with Gasteiger partial charge in [-0.1, -0.05) is 24.3 Å². The van der Waals surface area contributed by atoms with Gasteiger partial charge in [-0.2, -0.15) is 18.4 Å². The summed E-state index contributed by atoms with van der Waals surface area (Å²) < 4.78 is 49.0. The van der Waals surface area contributed by atoms with Gasteiger partial charge in [0.15, 0.2) is 0 Å². The lowest BCUT2D eigenvalue weighted by Crippen LogP contribution is -2.12. The van der Waals surface area contributed by atoms with Crippen molar-refractivity contribution in [2.75, 3.05) is 20.0 Å². The van der Waals surface area contributed by atoms with E-state index in [1.165, 1.54) is 19.2 Å². The molecule has 0 amide bonds. The Bertz CT molecular complexity index is 1180. The average Bonchev–Trinajstić information content (AvgIpc) is 2.77. The van der Waals surface area contributed by atoms with E-state index in [1.807, 2.05) is 6.07 Å². The van der Waals surface area contributed by atoms with Crippen LogP contribution in [0.3, 0.4) is 0 Å². The first kappa shape index (κ1) is 21.6. The molecule has 6 nitrogen and oxygen atoms in total. The molecule has 3 aromatic rings. The normalized spacial score (nSPS) is 11.0. The molecule has 0 fully saturated rings. The second-order valence-electron chi connectivity index (χ2n) is 6.38. The number of nitrogen functional groups attached to an aromatic ring is 1. The molecule has 31 heavy (non-hydrogen) atoms. The number of hydrogen-bond donors (Lipinski definition) is 1. The van der Waals surface area contributed by atoms with E-state index in [0.717, 1.165) is 19.2 Å². The summed E-state index contributed by atoms with van der Waals surface area (Å²) in [6.07, 6.45) is -4.54. The van der Waals surface area contributed by atoms with Crippen molar-refractivity contribution in [2.45, 2.75) is 6.18 Å². The predicted molar refractivity (Wildman–Crippen MR) is 107 cm³/mol. The summed E-state index contributed by atoms with van der Waals surface area (Å²) >= 11 is 0. The van der Waals surface area contributed by atoms with Gasteiger partial charge in [-0.3, -0.25) is 0 Å². The summed E-state index contributed by atoms with van der Waals surface area (Å²) in [5, 5.41) is 9.64.